The van der Waals surface area contributed by atoms with E-state index in [1.165, 1.54) is 5.01 Å². The van der Waals surface area contributed by atoms with Crippen LogP contribution in [0.15, 0.2) is 41.5 Å². The van der Waals surface area contributed by atoms with Crippen LogP contribution in [0.4, 0.5) is 9.59 Å². The van der Waals surface area contributed by atoms with E-state index in [4.69, 9.17) is 16.3 Å². The number of hydrazone groups is 1. The molecule has 1 N–H and O–H groups in total. The summed E-state index contributed by atoms with van der Waals surface area (Å²) >= 11 is 5.77. The predicted octanol–water partition coefficient (Wildman–Crippen LogP) is 2.75. The zero-order valence-corrected chi connectivity index (χ0v) is 17.3. The van der Waals surface area contributed by atoms with Gasteiger partial charge in [0.15, 0.2) is 5.15 Å². The maximum absolute atomic E-state index is 12.9. The van der Waals surface area contributed by atoms with Crippen LogP contribution in [-0.2, 0) is 4.74 Å². The number of cyclic esters (lactones) is 1. The summed E-state index contributed by atoms with van der Waals surface area (Å²) in [6, 6.07) is 9.99. The number of hydrogen-bond acceptors (Lipinski definition) is 6. The predicted molar refractivity (Wildman–Crippen MR) is 110 cm³/mol. The van der Waals surface area contributed by atoms with Crippen LogP contribution < -0.4 is 5.32 Å². The molecule has 3 amide bonds. The maximum Gasteiger partial charge on any atom is 0.410 e. The quantitative estimate of drug-likeness (QED) is 0.807. The summed E-state index contributed by atoms with van der Waals surface area (Å²) in [6.07, 6.45) is -0.396. The number of carbonyl (C=O) groups is 2. The zero-order chi connectivity index (χ0) is 21.3. The SMILES string of the molecule is Cc1ccc(C2=NN(C(=O)NC(C)c3ccc(Cl)nn3)C[C@H]2N2CCOC2=O)cc1. The highest BCUT2D eigenvalue weighted by atomic mass is 35.5. The van der Waals surface area contributed by atoms with Crippen LogP contribution >= 0.6 is 11.6 Å². The van der Waals surface area contributed by atoms with Crippen LogP contribution in [0.2, 0.25) is 5.15 Å². The first kappa shape index (κ1) is 20.1. The monoisotopic (exact) mass is 428 g/mol. The van der Waals surface area contributed by atoms with Crippen molar-refractivity contribution in [2.45, 2.75) is 25.9 Å². The molecule has 1 aromatic carbocycles. The lowest BCUT2D eigenvalue weighted by Crippen LogP contribution is -2.46. The Balaban J connectivity index is 1.55. The van der Waals surface area contributed by atoms with E-state index in [9.17, 15) is 9.59 Å². The molecule has 1 fully saturated rings. The number of ether oxygens (including phenoxy) is 1. The largest absolute Gasteiger partial charge is 0.448 e. The van der Waals surface area contributed by atoms with Crippen LogP contribution in [0.1, 0.15) is 29.8 Å². The molecule has 0 radical (unpaired) electrons. The Hall–Kier alpha value is -3.20. The van der Waals surface area contributed by atoms with Gasteiger partial charge in [-0.1, -0.05) is 41.4 Å². The number of amides is 3. The number of nitrogens with zero attached hydrogens (tertiary/aromatic N) is 5. The standard InChI is InChI=1S/C20H21ClN6O3/c1-12-3-5-14(6-4-12)18-16(26-9-10-30-20(26)29)11-27(25-18)19(28)22-13(2)15-7-8-17(21)24-23-15/h3-8,13,16H,9-11H2,1-2H3,(H,22,28)/t13?,16-/m1/s1. The van der Waals surface area contributed by atoms with Gasteiger partial charge in [0.25, 0.3) is 0 Å². The van der Waals surface area contributed by atoms with Gasteiger partial charge in [0.1, 0.15) is 6.61 Å². The molecule has 1 saturated heterocycles. The summed E-state index contributed by atoms with van der Waals surface area (Å²) in [4.78, 5) is 26.6. The number of nitrogens with one attached hydrogen (secondary N) is 1. The maximum atomic E-state index is 12.9. The molecule has 0 saturated carbocycles. The van der Waals surface area contributed by atoms with E-state index < -0.39 is 12.1 Å². The number of rotatable bonds is 4. The number of aromatic nitrogens is 2. The molecule has 9 nitrogen and oxygen atoms in total. The van der Waals surface area contributed by atoms with Crippen LogP contribution in [0, 0.1) is 6.92 Å². The summed E-state index contributed by atoms with van der Waals surface area (Å²) in [6.45, 7) is 4.82. The second-order valence-electron chi connectivity index (χ2n) is 7.21. The lowest BCUT2D eigenvalue weighted by Gasteiger charge is -2.23. The molecule has 1 aromatic heterocycles. The third-order valence-electron chi connectivity index (χ3n) is 5.08. The van der Waals surface area contributed by atoms with E-state index in [1.807, 2.05) is 31.2 Å². The van der Waals surface area contributed by atoms with Gasteiger partial charge in [0, 0.05) is 0 Å². The molecular formula is C20H21ClN6O3. The Morgan fingerprint density at radius 1 is 1.23 bits per heavy atom. The fraction of sp³-hybridized carbons (Fsp3) is 0.350. The fourth-order valence-corrected chi connectivity index (χ4v) is 3.52. The Labute approximate surface area is 178 Å². The second kappa shape index (κ2) is 8.27. The molecule has 156 valence electrons. The van der Waals surface area contributed by atoms with Crippen molar-refractivity contribution >= 4 is 29.4 Å². The molecule has 3 heterocycles. The van der Waals surface area contributed by atoms with Crippen molar-refractivity contribution in [3.05, 3.63) is 58.4 Å². The number of benzene rings is 1. The number of carbonyl (C=O) groups excluding carboxylic acids is 2. The molecular weight excluding hydrogens is 408 g/mol. The molecule has 2 aromatic rings. The highest BCUT2D eigenvalue weighted by Gasteiger charge is 2.40. The van der Waals surface area contributed by atoms with Gasteiger partial charge >= 0.3 is 12.1 Å². The third-order valence-corrected chi connectivity index (χ3v) is 5.28. The van der Waals surface area contributed by atoms with E-state index in [0.717, 1.165) is 11.1 Å². The topological polar surface area (TPSA) is 100 Å². The Kier molecular flexibility index (Phi) is 5.54. The number of urea groups is 1. The average molecular weight is 429 g/mol. The molecule has 2 atom stereocenters. The van der Waals surface area contributed by atoms with Crippen molar-refractivity contribution in [3.63, 3.8) is 0 Å². The van der Waals surface area contributed by atoms with Crippen molar-refractivity contribution in [1.82, 2.24) is 25.4 Å². The van der Waals surface area contributed by atoms with E-state index in [2.05, 4.69) is 20.6 Å². The van der Waals surface area contributed by atoms with Crippen LogP contribution in [0.25, 0.3) is 0 Å². The summed E-state index contributed by atoms with van der Waals surface area (Å²) in [5.74, 6) is 0. The Morgan fingerprint density at radius 2 is 2.00 bits per heavy atom. The normalized spacial score (nSPS) is 19.5. The minimum Gasteiger partial charge on any atom is -0.448 e. The van der Waals surface area contributed by atoms with E-state index in [-0.39, 0.29) is 23.8 Å². The van der Waals surface area contributed by atoms with E-state index >= 15 is 0 Å². The lowest BCUT2D eigenvalue weighted by atomic mass is 10.0. The number of halogens is 1. The second-order valence-corrected chi connectivity index (χ2v) is 7.60. The van der Waals surface area contributed by atoms with E-state index in [0.29, 0.717) is 24.6 Å². The van der Waals surface area contributed by atoms with Crippen molar-refractivity contribution in [3.8, 4) is 0 Å². The van der Waals surface area contributed by atoms with Gasteiger partial charge in [-0.05, 0) is 31.5 Å². The Bertz CT molecular complexity index is 979. The van der Waals surface area contributed by atoms with Gasteiger partial charge in [-0.3, -0.25) is 4.90 Å². The summed E-state index contributed by atoms with van der Waals surface area (Å²) < 4.78 is 5.10. The van der Waals surface area contributed by atoms with Gasteiger partial charge in [-0.2, -0.15) is 10.2 Å². The summed E-state index contributed by atoms with van der Waals surface area (Å²) in [5, 5.41) is 16.8. The zero-order valence-electron chi connectivity index (χ0n) is 16.6. The first-order valence-corrected chi connectivity index (χ1v) is 9.96. The smallest absolute Gasteiger partial charge is 0.410 e. The Morgan fingerprint density at radius 3 is 2.63 bits per heavy atom. The van der Waals surface area contributed by atoms with Crippen molar-refractivity contribution in [2.24, 2.45) is 5.10 Å². The summed E-state index contributed by atoms with van der Waals surface area (Å²) in [7, 11) is 0. The van der Waals surface area contributed by atoms with Crippen molar-refractivity contribution in [1.29, 1.82) is 0 Å². The lowest BCUT2D eigenvalue weighted by molar-refractivity contribution is 0.150. The van der Waals surface area contributed by atoms with Crippen LogP contribution in [-0.4, -0.2) is 63.7 Å². The third kappa shape index (κ3) is 4.06. The highest BCUT2D eigenvalue weighted by Crippen LogP contribution is 2.23. The van der Waals surface area contributed by atoms with Crippen LogP contribution in [0.5, 0.6) is 0 Å². The minimum atomic E-state index is -0.396. The molecule has 0 aliphatic carbocycles. The van der Waals surface area contributed by atoms with Gasteiger partial charge in [-0.25, -0.2) is 14.6 Å². The molecule has 0 bridgehead atoms. The van der Waals surface area contributed by atoms with Crippen molar-refractivity contribution < 1.29 is 14.3 Å². The van der Waals surface area contributed by atoms with Gasteiger partial charge in [0.05, 0.1) is 36.6 Å². The van der Waals surface area contributed by atoms with Gasteiger partial charge < -0.3 is 10.1 Å². The van der Waals surface area contributed by atoms with Gasteiger partial charge in [0.2, 0.25) is 0 Å². The molecule has 30 heavy (non-hydrogen) atoms. The molecule has 1 unspecified atom stereocenters. The van der Waals surface area contributed by atoms with Crippen LogP contribution in [0.3, 0.4) is 0 Å². The number of aryl methyl sites for hydroxylation is 1. The molecule has 0 spiro atoms. The van der Waals surface area contributed by atoms with Gasteiger partial charge in [-0.15, -0.1) is 5.10 Å². The first-order valence-electron chi connectivity index (χ1n) is 9.58. The molecule has 10 heteroatoms. The average Bonchev–Trinajstić information content (AvgIpc) is 3.35. The molecule has 2 aliphatic heterocycles. The summed E-state index contributed by atoms with van der Waals surface area (Å²) in [5.41, 5.74) is 3.21. The van der Waals surface area contributed by atoms with E-state index in [1.54, 1.807) is 24.0 Å². The number of hydrogen-bond donors (Lipinski definition) is 1. The molecule has 4 rings (SSSR count). The van der Waals surface area contributed by atoms with Crippen molar-refractivity contribution in [2.75, 3.05) is 19.7 Å². The highest BCUT2D eigenvalue weighted by molar-refractivity contribution is 6.29. The molecule has 2 aliphatic rings. The first-order chi connectivity index (χ1) is 14.4. The fourth-order valence-electron chi connectivity index (χ4n) is 3.42. The minimum absolute atomic E-state index is 0.239.